The smallest absolute Gasteiger partial charge is 0.224 e. The van der Waals surface area contributed by atoms with Gasteiger partial charge in [0.1, 0.15) is 0 Å². The molecular weight excluding hydrogens is 310 g/mol. The number of para-hydroxylation sites is 1. The molecule has 0 spiro atoms. The van der Waals surface area contributed by atoms with Crippen LogP contribution in [0.5, 0.6) is 0 Å². The first kappa shape index (κ1) is 18.0. The van der Waals surface area contributed by atoms with E-state index < -0.39 is 0 Å². The molecule has 136 valence electrons. The van der Waals surface area contributed by atoms with Crippen LogP contribution in [-0.2, 0) is 17.6 Å². The zero-order chi connectivity index (χ0) is 17.6. The van der Waals surface area contributed by atoms with Crippen LogP contribution in [-0.4, -0.2) is 42.0 Å². The summed E-state index contributed by atoms with van der Waals surface area (Å²) in [4.78, 5) is 18.1. The molecule has 1 aromatic carbocycles. The Balaban J connectivity index is 1.49. The molecule has 2 aromatic rings. The lowest BCUT2D eigenvalue weighted by Crippen LogP contribution is -2.39. The van der Waals surface area contributed by atoms with Gasteiger partial charge in [0.05, 0.1) is 6.42 Å². The second-order valence-electron chi connectivity index (χ2n) is 7.31. The second-order valence-corrected chi connectivity index (χ2v) is 7.31. The number of aromatic nitrogens is 1. The van der Waals surface area contributed by atoms with Crippen LogP contribution >= 0.6 is 0 Å². The molecule has 0 unspecified atom stereocenters. The van der Waals surface area contributed by atoms with Gasteiger partial charge in [-0.1, -0.05) is 44.4 Å². The molecule has 4 heteroatoms. The molecule has 1 fully saturated rings. The molecule has 25 heavy (non-hydrogen) atoms. The van der Waals surface area contributed by atoms with Crippen molar-refractivity contribution < 1.29 is 4.79 Å². The first-order chi connectivity index (χ1) is 12.2. The predicted octanol–water partition coefficient (Wildman–Crippen LogP) is 3.65. The van der Waals surface area contributed by atoms with Gasteiger partial charge in [0.2, 0.25) is 5.91 Å². The van der Waals surface area contributed by atoms with Crippen molar-refractivity contribution in [2.75, 3.05) is 20.1 Å². The molecule has 0 aliphatic heterocycles. The van der Waals surface area contributed by atoms with Crippen LogP contribution in [0.25, 0.3) is 10.9 Å². The molecule has 0 radical (unpaired) electrons. The van der Waals surface area contributed by atoms with Gasteiger partial charge in [-0.3, -0.25) is 4.79 Å². The number of amides is 1. The van der Waals surface area contributed by atoms with Crippen LogP contribution < -0.4 is 5.32 Å². The summed E-state index contributed by atoms with van der Waals surface area (Å²) < 4.78 is 0. The van der Waals surface area contributed by atoms with E-state index in [1.165, 1.54) is 48.6 Å². The standard InChI is InChI=1S/C21H31N3O/c1-3-16-8-7-11-19-17(15-23-21(16)19)14-20(25)22-12-13-24(2)18-9-5-4-6-10-18/h7-8,11,15,18,23H,3-6,9-10,12-14H2,1-2H3,(H,22,25). The number of nitrogens with zero attached hydrogens (tertiary/aromatic N) is 1. The minimum Gasteiger partial charge on any atom is -0.361 e. The molecule has 1 saturated carbocycles. The van der Waals surface area contributed by atoms with Crippen molar-refractivity contribution in [3.63, 3.8) is 0 Å². The Kier molecular flexibility index (Phi) is 6.14. The zero-order valence-electron chi connectivity index (χ0n) is 15.6. The lowest BCUT2D eigenvalue weighted by molar-refractivity contribution is -0.120. The molecule has 1 heterocycles. The number of hydrogen-bond donors (Lipinski definition) is 2. The van der Waals surface area contributed by atoms with Gasteiger partial charge in [0.15, 0.2) is 0 Å². The van der Waals surface area contributed by atoms with E-state index in [2.05, 4.69) is 47.4 Å². The minimum atomic E-state index is 0.111. The van der Waals surface area contributed by atoms with Crippen LogP contribution in [0.1, 0.15) is 50.2 Å². The molecule has 1 amide bonds. The summed E-state index contributed by atoms with van der Waals surface area (Å²) in [6.45, 7) is 3.82. The largest absolute Gasteiger partial charge is 0.361 e. The highest BCUT2D eigenvalue weighted by molar-refractivity contribution is 5.90. The van der Waals surface area contributed by atoms with Gasteiger partial charge in [0, 0.05) is 36.2 Å². The number of fused-ring (bicyclic) bond motifs is 1. The third kappa shape index (κ3) is 4.43. The fourth-order valence-corrected chi connectivity index (χ4v) is 4.03. The van der Waals surface area contributed by atoms with Crippen LogP contribution in [0.15, 0.2) is 24.4 Å². The van der Waals surface area contributed by atoms with E-state index in [9.17, 15) is 4.79 Å². The van der Waals surface area contributed by atoms with E-state index in [4.69, 9.17) is 0 Å². The second kappa shape index (κ2) is 8.52. The minimum absolute atomic E-state index is 0.111. The molecule has 0 atom stereocenters. The normalized spacial score (nSPS) is 15.8. The zero-order valence-corrected chi connectivity index (χ0v) is 15.6. The van der Waals surface area contributed by atoms with Gasteiger partial charge in [-0.05, 0) is 37.4 Å². The van der Waals surface area contributed by atoms with E-state index in [0.717, 1.165) is 25.1 Å². The summed E-state index contributed by atoms with van der Waals surface area (Å²) in [5.41, 5.74) is 3.56. The highest BCUT2D eigenvalue weighted by Crippen LogP contribution is 2.23. The Morgan fingerprint density at radius 3 is 2.80 bits per heavy atom. The fraction of sp³-hybridized carbons (Fsp3) is 0.571. The quantitative estimate of drug-likeness (QED) is 0.807. The Labute approximate surface area is 151 Å². The summed E-state index contributed by atoms with van der Waals surface area (Å²) in [7, 11) is 2.19. The lowest BCUT2D eigenvalue weighted by atomic mass is 9.94. The van der Waals surface area contributed by atoms with Gasteiger partial charge in [-0.25, -0.2) is 0 Å². The summed E-state index contributed by atoms with van der Waals surface area (Å²) >= 11 is 0. The molecule has 0 bridgehead atoms. The van der Waals surface area contributed by atoms with Crippen LogP contribution in [0.3, 0.4) is 0 Å². The Hall–Kier alpha value is -1.81. The third-order valence-corrected chi connectivity index (χ3v) is 5.60. The van der Waals surface area contributed by atoms with Crippen molar-refractivity contribution in [1.82, 2.24) is 15.2 Å². The van der Waals surface area contributed by atoms with Crippen molar-refractivity contribution in [1.29, 1.82) is 0 Å². The van der Waals surface area contributed by atoms with E-state index >= 15 is 0 Å². The number of likely N-dealkylation sites (N-methyl/N-ethyl adjacent to an activating group) is 1. The first-order valence-corrected chi connectivity index (χ1v) is 9.73. The van der Waals surface area contributed by atoms with E-state index in [1.54, 1.807) is 0 Å². The first-order valence-electron chi connectivity index (χ1n) is 9.73. The third-order valence-electron chi connectivity index (χ3n) is 5.60. The van der Waals surface area contributed by atoms with Gasteiger partial charge in [-0.2, -0.15) is 0 Å². The van der Waals surface area contributed by atoms with E-state index in [1.807, 2.05) is 6.20 Å². The van der Waals surface area contributed by atoms with E-state index in [0.29, 0.717) is 12.5 Å². The number of aromatic amines is 1. The molecule has 1 aliphatic rings. The van der Waals surface area contributed by atoms with Crippen molar-refractivity contribution in [2.45, 2.75) is 57.9 Å². The number of rotatable bonds is 7. The number of carbonyl (C=O) groups excluding carboxylic acids is 1. The Bertz CT molecular complexity index is 700. The molecule has 4 nitrogen and oxygen atoms in total. The van der Waals surface area contributed by atoms with Gasteiger partial charge in [0.25, 0.3) is 0 Å². The van der Waals surface area contributed by atoms with Crippen LogP contribution in [0.2, 0.25) is 0 Å². The maximum Gasteiger partial charge on any atom is 0.224 e. The maximum absolute atomic E-state index is 12.3. The fourth-order valence-electron chi connectivity index (χ4n) is 4.03. The number of benzene rings is 1. The molecule has 0 saturated heterocycles. The monoisotopic (exact) mass is 341 g/mol. The van der Waals surface area contributed by atoms with Crippen molar-refractivity contribution in [2.24, 2.45) is 0 Å². The number of nitrogens with one attached hydrogen (secondary N) is 2. The summed E-state index contributed by atoms with van der Waals surface area (Å²) in [6, 6.07) is 7.02. The maximum atomic E-state index is 12.3. The number of H-pyrrole nitrogens is 1. The highest BCUT2D eigenvalue weighted by atomic mass is 16.1. The van der Waals surface area contributed by atoms with Crippen molar-refractivity contribution >= 4 is 16.8 Å². The molecule has 1 aromatic heterocycles. The lowest BCUT2D eigenvalue weighted by Gasteiger charge is -2.31. The summed E-state index contributed by atoms with van der Waals surface area (Å²) in [5.74, 6) is 0.111. The number of carbonyl (C=O) groups is 1. The summed E-state index contributed by atoms with van der Waals surface area (Å²) in [5, 5.41) is 4.26. The van der Waals surface area contributed by atoms with Gasteiger partial charge >= 0.3 is 0 Å². The molecular formula is C21H31N3O. The van der Waals surface area contributed by atoms with E-state index in [-0.39, 0.29) is 5.91 Å². The number of hydrogen-bond acceptors (Lipinski definition) is 2. The Morgan fingerprint density at radius 1 is 1.24 bits per heavy atom. The average Bonchev–Trinajstić information content (AvgIpc) is 3.05. The topological polar surface area (TPSA) is 48.1 Å². The average molecular weight is 341 g/mol. The SMILES string of the molecule is CCc1cccc2c(CC(=O)NCCN(C)C3CCCCC3)c[nH]c12. The Morgan fingerprint density at radius 2 is 2.04 bits per heavy atom. The molecule has 3 rings (SSSR count). The summed E-state index contributed by atoms with van der Waals surface area (Å²) in [6.07, 6.45) is 10.1. The highest BCUT2D eigenvalue weighted by Gasteiger charge is 2.17. The van der Waals surface area contributed by atoms with Gasteiger partial charge in [-0.15, -0.1) is 0 Å². The molecule has 2 N–H and O–H groups in total. The number of aryl methyl sites for hydroxylation is 1. The van der Waals surface area contributed by atoms with Crippen LogP contribution in [0.4, 0.5) is 0 Å². The van der Waals surface area contributed by atoms with Crippen molar-refractivity contribution in [3.05, 3.63) is 35.5 Å². The van der Waals surface area contributed by atoms with Crippen LogP contribution in [0, 0.1) is 0 Å². The molecule has 1 aliphatic carbocycles. The van der Waals surface area contributed by atoms with Gasteiger partial charge < -0.3 is 15.2 Å². The van der Waals surface area contributed by atoms with Crippen molar-refractivity contribution in [3.8, 4) is 0 Å². The predicted molar refractivity (Wildman–Crippen MR) is 104 cm³/mol.